The minimum atomic E-state index is -3.57. The number of hydrogen-bond donors (Lipinski definition) is 2. The van der Waals surface area contributed by atoms with Gasteiger partial charge in [-0.3, -0.25) is 9.69 Å². The molecule has 0 spiro atoms. The summed E-state index contributed by atoms with van der Waals surface area (Å²) < 4.78 is 37.6. The van der Waals surface area contributed by atoms with Crippen LogP contribution in [0.2, 0.25) is 0 Å². The Kier molecular flexibility index (Phi) is 8.41. The van der Waals surface area contributed by atoms with Crippen molar-refractivity contribution in [1.82, 2.24) is 19.8 Å². The van der Waals surface area contributed by atoms with E-state index in [1.54, 1.807) is 26.8 Å². The molecule has 0 aromatic carbocycles. The summed E-state index contributed by atoms with van der Waals surface area (Å²) in [6.45, 7) is 8.90. The van der Waals surface area contributed by atoms with Crippen LogP contribution in [0.4, 0.5) is 4.79 Å². The minimum absolute atomic E-state index is 0.0109. The van der Waals surface area contributed by atoms with Crippen molar-refractivity contribution in [3.63, 3.8) is 0 Å². The van der Waals surface area contributed by atoms with Crippen molar-refractivity contribution in [3.8, 4) is 0 Å². The number of alkyl carbamates (subject to hydrolysis) is 1. The van der Waals surface area contributed by atoms with Gasteiger partial charge in [0.1, 0.15) is 11.4 Å². The lowest BCUT2D eigenvalue weighted by Gasteiger charge is -2.31. The minimum Gasteiger partial charge on any atom is -0.447 e. The highest BCUT2D eigenvalue weighted by Crippen LogP contribution is 2.24. The molecule has 0 radical (unpaired) electrons. The zero-order valence-corrected chi connectivity index (χ0v) is 20.6. The first-order valence-corrected chi connectivity index (χ1v) is 13.0. The molecule has 3 heterocycles. The Morgan fingerprint density at radius 3 is 2.48 bits per heavy atom. The van der Waals surface area contributed by atoms with Gasteiger partial charge >= 0.3 is 6.09 Å². The predicted octanol–water partition coefficient (Wildman–Crippen LogP) is 1.92. The third-order valence-corrected chi connectivity index (χ3v) is 7.42. The number of nitrogens with one attached hydrogen (secondary N) is 2. The average Bonchev–Trinajstić information content (AvgIpc) is 3.43. The average molecular weight is 485 g/mol. The lowest BCUT2D eigenvalue weighted by molar-refractivity contribution is -0.126. The fraction of sp³-hybridized carbons (Fsp3) is 0.727. The maximum Gasteiger partial charge on any atom is 0.407 e. The summed E-state index contributed by atoms with van der Waals surface area (Å²) in [5.74, 6) is 0.362. The first-order valence-electron chi connectivity index (χ1n) is 11.6. The molecule has 10 nitrogen and oxygen atoms in total. The molecule has 2 N–H and O–H groups in total. The van der Waals surface area contributed by atoms with Crippen molar-refractivity contribution in [2.75, 3.05) is 39.3 Å². The van der Waals surface area contributed by atoms with Crippen LogP contribution in [0.5, 0.6) is 0 Å². The lowest BCUT2D eigenvalue weighted by atomic mass is 9.97. The molecule has 33 heavy (non-hydrogen) atoms. The summed E-state index contributed by atoms with van der Waals surface area (Å²) in [5.41, 5.74) is -0.563. The fourth-order valence-corrected chi connectivity index (χ4v) is 5.53. The highest BCUT2D eigenvalue weighted by atomic mass is 32.2. The topological polar surface area (TPSA) is 121 Å². The number of furan rings is 1. The summed E-state index contributed by atoms with van der Waals surface area (Å²) >= 11 is 0. The highest BCUT2D eigenvalue weighted by Gasteiger charge is 2.31. The summed E-state index contributed by atoms with van der Waals surface area (Å²) in [5, 5.41) is 5.48. The maximum atomic E-state index is 12.6. The standard InChI is InChI=1S/C22H36N4O6S/c1-22(2,3)32-21(28)24-11-10-23-20(27)17-7-6-12-25(15-17)16-18-8-9-19(31-18)33(29,30)26-13-4-5-14-26/h8-9,17H,4-7,10-16H2,1-3H3,(H,23,27)(H,24,28). The van der Waals surface area contributed by atoms with Crippen LogP contribution in [0.15, 0.2) is 21.6 Å². The van der Waals surface area contributed by atoms with Crippen LogP contribution >= 0.6 is 0 Å². The van der Waals surface area contributed by atoms with Crippen molar-refractivity contribution < 1.29 is 27.2 Å². The molecule has 2 fully saturated rings. The Balaban J connectivity index is 1.43. The zero-order chi connectivity index (χ0) is 24.1. The van der Waals surface area contributed by atoms with Gasteiger partial charge in [-0.1, -0.05) is 0 Å². The Bertz CT molecular complexity index is 918. The Hall–Kier alpha value is -2.11. The van der Waals surface area contributed by atoms with Gasteiger partial charge in [-0.2, -0.15) is 4.31 Å². The monoisotopic (exact) mass is 484 g/mol. The first-order chi connectivity index (χ1) is 15.5. The van der Waals surface area contributed by atoms with E-state index in [1.165, 1.54) is 10.4 Å². The molecule has 0 aliphatic carbocycles. The summed E-state index contributed by atoms with van der Waals surface area (Å²) in [6.07, 6.45) is 2.90. The van der Waals surface area contributed by atoms with E-state index in [1.807, 2.05) is 0 Å². The molecule has 1 aromatic heterocycles. The third kappa shape index (κ3) is 7.44. The molecule has 0 bridgehead atoms. The van der Waals surface area contributed by atoms with Crippen LogP contribution in [0, 0.1) is 5.92 Å². The van der Waals surface area contributed by atoms with Gasteiger partial charge in [-0.25, -0.2) is 13.2 Å². The summed E-state index contributed by atoms with van der Waals surface area (Å²) in [7, 11) is -3.57. The number of nitrogens with zero attached hydrogens (tertiary/aromatic N) is 2. The van der Waals surface area contributed by atoms with Crippen LogP contribution in [-0.2, 0) is 26.1 Å². The van der Waals surface area contributed by atoms with Gasteiger partial charge in [0.25, 0.3) is 10.0 Å². The van der Waals surface area contributed by atoms with E-state index in [2.05, 4.69) is 15.5 Å². The second kappa shape index (κ2) is 10.9. The third-order valence-electron chi connectivity index (χ3n) is 5.64. The molecule has 1 aromatic rings. The van der Waals surface area contributed by atoms with Gasteiger partial charge in [0.15, 0.2) is 0 Å². The second-order valence-corrected chi connectivity index (χ2v) is 11.5. The second-order valence-electron chi connectivity index (χ2n) is 9.63. The highest BCUT2D eigenvalue weighted by molar-refractivity contribution is 7.89. The molecule has 186 valence electrons. The first kappa shape index (κ1) is 25.5. The van der Waals surface area contributed by atoms with Crippen molar-refractivity contribution in [1.29, 1.82) is 0 Å². The predicted molar refractivity (Wildman–Crippen MR) is 122 cm³/mol. The molecule has 2 aliphatic rings. The van der Waals surface area contributed by atoms with E-state index in [-0.39, 0.29) is 23.5 Å². The normalized spacial score (nSPS) is 20.5. The number of ether oxygens (including phenoxy) is 1. The van der Waals surface area contributed by atoms with Crippen molar-refractivity contribution in [2.24, 2.45) is 5.92 Å². The Morgan fingerprint density at radius 2 is 1.79 bits per heavy atom. The quantitative estimate of drug-likeness (QED) is 0.541. The molecular formula is C22H36N4O6S. The molecular weight excluding hydrogens is 448 g/mol. The number of piperidine rings is 1. The number of carbonyl (C=O) groups is 2. The van der Waals surface area contributed by atoms with Crippen molar-refractivity contribution in [3.05, 3.63) is 17.9 Å². The fourth-order valence-electron chi connectivity index (χ4n) is 4.08. The molecule has 2 saturated heterocycles. The van der Waals surface area contributed by atoms with E-state index in [9.17, 15) is 18.0 Å². The summed E-state index contributed by atoms with van der Waals surface area (Å²) in [4.78, 5) is 26.3. The van der Waals surface area contributed by atoms with Gasteiger partial charge in [0.05, 0.1) is 12.5 Å². The van der Waals surface area contributed by atoms with E-state index in [4.69, 9.17) is 9.15 Å². The number of sulfonamides is 1. The van der Waals surface area contributed by atoms with Crippen molar-refractivity contribution in [2.45, 2.75) is 63.7 Å². The molecule has 2 aliphatic heterocycles. The van der Waals surface area contributed by atoms with E-state index >= 15 is 0 Å². The zero-order valence-electron chi connectivity index (χ0n) is 19.8. The van der Waals surface area contributed by atoms with Crippen molar-refractivity contribution >= 4 is 22.0 Å². The Morgan fingerprint density at radius 1 is 1.09 bits per heavy atom. The van der Waals surface area contributed by atoms with Crippen LogP contribution in [0.25, 0.3) is 0 Å². The smallest absolute Gasteiger partial charge is 0.407 e. The molecule has 1 atom stereocenters. The van der Waals surface area contributed by atoms with Crippen LogP contribution in [0.1, 0.15) is 52.2 Å². The maximum absolute atomic E-state index is 12.6. The number of hydrogen-bond acceptors (Lipinski definition) is 7. The lowest BCUT2D eigenvalue weighted by Crippen LogP contribution is -2.44. The largest absolute Gasteiger partial charge is 0.447 e. The number of rotatable bonds is 8. The number of likely N-dealkylation sites (tertiary alicyclic amines) is 1. The Labute approximate surface area is 196 Å². The van der Waals surface area contributed by atoms with E-state index < -0.39 is 21.7 Å². The van der Waals surface area contributed by atoms with Crippen LogP contribution in [0.3, 0.4) is 0 Å². The van der Waals surface area contributed by atoms with Gasteiger partial charge in [0.2, 0.25) is 11.0 Å². The van der Waals surface area contributed by atoms with Gasteiger partial charge < -0.3 is 19.8 Å². The SMILES string of the molecule is CC(C)(C)OC(=O)NCCNC(=O)C1CCCN(Cc2ccc(S(=O)(=O)N3CCCC3)o2)C1. The van der Waals surface area contributed by atoms with Gasteiger partial charge in [0, 0.05) is 32.7 Å². The van der Waals surface area contributed by atoms with E-state index in [0.29, 0.717) is 38.5 Å². The van der Waals surface area contributed by atoms with Gasteiger partial charge in [-0.15, -0.1) is 0 Å². The van der Waals surface area contributed by atoms with Gasteiger partial charge in [-0.05, 0) is 65.1 Å². The number of amides is 2. The molecule has 3 rings (SSSR count). The summed E-state index contributed by atoms with van der Waals surface area (Å²) in [6, 6.07) is 3.23. The van der Waals surface area contributed by atoms with Crippen LogP contribution in [-0.4, -0.2) is 74.5 Å². The van der Waals surface area contributed by atoms with E-state index in [0.717, 1.165) is 32.2 Å². The number of carbonyl (C=O) groups excluding carboxylic acids is 2. The molecule has 2 amide bonds. The molecule has 1 unspecified atom stereocenters. The van der Waals surface area contributed by atoms with Crippen LogP contribution < -0.4 is 10.6 Å². The molecule has 0 saturated carbocycles. The molecule has 11 heteroatoms.